The molecular formula is C22H39IN6O2. The number of ether oxygens (including phenoxy) is 1. The highest BCUT2D eigenvalue weighted by Gasteiger charge is 2.17. The Morgan fingerprint density at radius 2 is 1.61 bits per heavy atom. The van der Waals surface area contributed by atoms with Crippen molar-refractivity contribution in [3.63, 3.8) is 0 Å². The summed E-state index contributed by atoms with van der Waals surface area (Å²) < 4.78 is 5.21. The third-order valence-corrected chi connectivity index (χ3v) is 4.75. The summed E-state index contributed by atoms with van der Waals surface area (Å²) in [5.74, 6) is 0.745. The van der Waals surface area contributed by atoms with Crippen LogP contribution in [0.1, 0.15) is 27.2 Å². The molecule has 0 unspecified atom stereocenters. The lowest BCUT2D eigenvalue weighted by Crippen LogP contribution is -2.47. The van der Waals surface area contributed by atoms with Crippen LogP contribution in [0.2, 0.25) is 0 Å². The van der Waals surface area contributed by atoms with Crippen molar-refractivity contribution in [2.45, 2.75) is 32.8 Å². The van der Waals surface area contributed by atoms with Crippen LogP contribution in [0.3, 0.4) is 0 Å². The number of nitrogens with zero attached hydrogens (tertiary/aromatic N) is 3. The number of aliphatic imine (C=N–C) groups is 1. The summed E-state index contributed by atoms with van der Waals surface area (Å²) in [4.78, 5) is 20.8. The lowest BCUT2D eigenvalue weighted by atomic mass is 10.2. The molecule has 2 rings (SSSR count). The summed E-state index contributed by atoms with van der Waals surface area (Å²) in [5.41, 5.74) is 0.832. The van der Waals surface area contributed by atoms with E-state index in [2.05, 4.69) is 61.1 Å². The first kappa shape index (κ1) is 27.3. The SMILES string of the molecule is CN=C(NCCCN1CCN(c2ccccc2)CC1)NCCNC(=O)OC(C)(C)C.I. The molecule has 31 heavy (non-hydrogen) atoms. The van der Waals surface area contributed by atoms with Crippen LogP contribution in [0.15, 0.2) is 35.3 Å². The summed E-state index contributed by atoms with van der Waals surface area (Å²) in [5, 5.41) is 9.25. The molecule has 9 heteroatoms. The highest BCUT2D eigenvalue weighted by Crippen LogP contribution is 2.15. The average Bonchev–Trinajstić information content (AvgIpc) is 2.72. The maximum Gasteiger partial charge on any atom is 0.407 e. The standard InChI is InChI=1S/C22H38N6O2.HI/c1-22(2,3)30-21(29)26-13-12-25-20(23-4)24-11-8-14-27-15-17-28(18-16-27)19-9-6-5-7-10-19;/h5-7,9-10H,8,11-18H2,1-4H3,(H,26,29)(H2,23,24,25);1H. The number of alkyl carbamates (subject to hydrolysis) is 1. The smallest absolute Gasteiger partial charge is 0.407 e. The first-order chi connectivity index (χ1) is 14.4. The molecule has 8 nitrogen and oxygen atoms in total. The number of carbonyl (C=O) groups is 1. The summed E-state index contributed by atoms with van der Waals surface area (Å²) in [6.45, 7) is 12.9. The molecule has 0 bridgehead atoms. The molecule has 1 aliphatic rings. The van der Waals surface area contributed by atoms with Crippen LogP contribution < -0.4 is 20.9 Å². The molecular weight excluding hydrogens is 507 g/mol. The van der Waals surface area contributed by atoms with Gasteiger partial charge in [-0.15, -0.1) is 24.0 Å². The van der Waals surface area contributed by atoms with Gasteiger partial charge in [0.05, 0.1) is 0 Å². The highest BCUT2D eigenvalue weighted by atomic mass is 127. The van der Waals surface area contributed by atoms with E-state index in [0.29, 0.717) is 13.1 Å². The second kappa shape index (κ2) is 14.3. The zero-order valence-electron chi connectivity index (χ0n) is 19.3. The molecule has 176 valence electrons. The summed E-state index contributed by atoms with van der Waals surface area (Å²) in [6.07, 6.45) is 0.655. The van der Waals surface area contributed by atoms with Crippen LogP contribution in [0.25, 0.3) is 0 Å². The molecule has 1 aromatic rings. The Morgan fingerprint density at radius 3 is 2.23 bits per heavy atom. The predicted molar refractivity (Wildman–Crippen MR) is 139 cm³/mol. The van der Waals surface area contributed by atoms with Gasteiger partial charge in [-0.05, 0) is 45.9 Å². The van der Waals surface area contributed by atoms with Crippen molar-refractivity contribution in [1.29, 1.82) is 0 Å². The van der Waals surface area contributed by atoms with Crippen LogP contribution in [0, 0.1) is 0 Å². The summed E-state index contributed by atoms with van der Waals surface area (Å²) >= 11 is 0. The Bertz CT molecular complexity index is 658. The second-order valence-corrected chi connectivity index (χ2v) is 8.37. The van der Waals surface area contributed by atoms with E-state index in [9.17, 15) is 4.79 Å². The topological polar surface area (TPSA) is 81.2 Å². The van der Waals surface area contributed by atoms with E-state index in [1.165, 1.54) is 5.69 Å². The minimum Gasteiger partial charge on any atom is -0.444 e. The van der Waals surface area contributed by atoms with Gasteiger partial charge in [-0.2, -0.15) is 0 Å². The monoisotopic (exact) mass is 546 g/mol. The van der Waals surface area contributed by atoms with E-state index in [1.54, 1.807) is 7.05 Å². The third-order valence-electron chi connectivity index (χ3n) is 4.75. The maximum atomic E-state index is 11.6. The Morgan fingerprint density at radius 1 is 1.00 bits per heavy atom. The van der Waals surface area contributed by atoms with E-state index in [4.69, 9.17) is 4.74 Å². The normalized spacial score (nSPS) is 15.1. The third kappa shape index (κ3) is 11.4. The highest BCUT2D eigenvalue weighted by molar-refractivity contribution is 14.0. The number of halogens is 1. The van der Waals surface area contributed by atoms with Gasteiger partial charge in [0, 0.05) is 58.5 Å². The fraction of sp³-hybridized carbons (Fsp3) is 0.636. The zero-order chi connectivity index (χ0) is 21.8. The molecule has 1 saturated heterocycles. The van der Waals surface area contributed by atoms with Crippen molar-refractivity contribution in [2.75, 3.05) is 64.3 Å². The van der Waals surface area contributed by atoms with Crippen molar-refractivity contribution < 1.29 is 9.53 Å². The van der Waals surface area contributed by atoms with Crippen LogP contribution in [-0.2, 0) is 4.74 Å². The Labute approximate surface area is 204 Å². The Hall–Kier alpha value is -1.75. The van der Waals surface area contributed by atoms with Crippen molar-refractivity contribution in [1.82, 2.24) is 20.9 Å². The van der Waals surface area contributed by atoms with Crippen LogP contribution in [0.5, 0.6) is 0 Å². The molecule has 1 aliphatic heterocycles. The number of hydrogen-bond acceptors (Lipinski definition) is 5. The van der Waals surface area contributed by atoms with Gasteiger partial charge in [-0.25, -0.2) is 4.79 Å². The number of amides is 1. The minimum absolute atomic E-state index is 0. The Balaban J connectivity index is 0.00000480. The molecule has 3 N–H and O–H groups in total. The fourth-order valence-electron chi connectivity index (χ4n) is 3.26. The quantitative estimate of drug-likeness (QED) is 0.201. The van der Waals surface area contributed by atoms with Gasteiger partial charge >= 0.3 is 6.09 Å². The molecule has 1 aromatic carbocycles. The molecule has 1 amide bonds. The molecule has 1 fully saturated rings. The van der Waals surface area contributed by atoms with Crippen molar-refractivity contribution >= 4 is 41.7 Å². The number of benzene rings is 1. The largest absolute Gasteiger partial charge is 0.444 e. The molecule has 0 spiro atoms. The number of guanidine groups is 1. The first-order valence-corrected chi connectivity index (χ1v) is 10.8. The van der Waals surface area contributed by atoms with Gasteiger partial charge in [0.25, 0.3) is 0 Å². The van der Waals surface area contributed by atoms with Crippen LogP contribution >= 0.6 is 24.0 Å². The lowest BCUT2D eigenvalue weighted by molar-refractivity contribution is 0.0529. The van der Waals surface area contributed by atoms with Gasteiger partial charge in [0.2, 0.25) is 0 Å². The number of carbonyl (C=O) groups excluding carboxylic acids is 1. The van der Waals surface area contributed by atoms with Crippen molar-refractivity contribution in [3.8, 4) is 0 Å². The number of para-hydroxylation sites is 1. The van der Waals surface area contributed by atoms with Gasteiger partial charge in [0.1, 0.15) is 5.60 Å². The van der Waals surface area contributed by atoms with Crippen molar-refractivity contribution in [2.24, 2.45) is 4.99 Å². The molecule has 0 aliphatic carbocycles. The molecule has 0 saturated carbocycles. The fourth-order valence-corrected chi connectivity index (χ4v) is 3.26. The number of anilines is 1. The van der Waals surface area contributed by atoms with Gasteiger partial charge in [-0.1, -0.05) is 18.2 Å². The van der Waals surface area contributed by atoms with E-state index >= 15 is 0 Å². The van der Waals surface area contributed by atoms with E-state index < -0.39 is 11.7 Å². The number of nitrogens with one attached hydrogen (secondary N) is 3. The van der Waals surface area contributed by atoms with Crippen molar-refractivity contribution in [3.05, 3.63) is 30.3 Å². The van der Waals surface area contributed by atoms with E-state index in [1.807, 2.05) is 20.8 Å². The second-order valence-electron chi connectivity index (χ2n) is 8.37. The van der Waals surface area contributed by atoms with Crippen LogP contribution in [0.4, 0.5) is 10.5 Å². The summed E-state index contributed by atoms with van der Waals surface area (Å²) in [7, 11) is 1.75. The lowest BCUT2D eigenvalue weighted by Gasteiger charge is -2.36. The summed E-state index contributed by atoms with van der Waals surface area (Å²) in [6, 6.07) is 10.6. The van der Waals surface area contributed by atoms with Crippen LogP contribution in [-0.4, -0.2) is 82.0 Å². The average molecular weight is 546 g/mol. The van der Waals surface area contributed by atoms with E-state index in [0.717, 1.165) is 51.6 Å². The first-order valence-electron chi connectivity index (χ1n) is 10.8. The minimum atomic E-state index is -0.483. The number of hydrogen-bond donors (Lipinski definition) is 3. The van der Waals surface area contributed by atoms with Gasteiger partial charge in [0.15, 0.2) is 5.96 Å². The molecule has 1 heterocycles. The zero-order valence-corrected chi connectivity index (χ0v) is 21.6. The molecule has 0 radical (unpaired) electrons. The number of piperazine rings is 1. The molecule has 0 atom stereocenters. The Kier molecular flexibility index (Phi) is 12.6. The van der Waals surface area contributed by atoms with Gasteiger partial charge < -0.3 is 25.6 Å². The predicted octanol–water partition coefficient (Wildman–Crippen LogP) is 2.51. The van der Waals surface area contributed by atoms with E-state index in [-0.39, 0.29) is 24.0 Å². The molecule has 0 aromatic heterocycles. The van der Waals surface area contributed by atoms with Gasteiger partial charge in [-0.3, -0.25) is 9.89 Å². The maximum absolute atomic E-state index is 11.6. The number of rotatable bonds is 8.